The number of halogens is 2. The maximum Gasteiger partial charge on any atom is 0.165 e. The summed E-state index contributed by atoms with van der Waals surface area (Å²) >= 11 is 4.04. The van der Waals surface area contributed by atoms with Crippen LogP contribution >= 0.6 is 28.1 Å². The van der Waals surface area contributed by atoms with Crippen molar-refractivity contribution in [3.63, 3.8) is 0 Å². The van der Waals surface area contributed by atoms with Gasteiger partial charge in [0, 0.05) is 12.1 Å². The fourth-order valence-electron chi connectivity index (χ4n) is 1.12. The smallest absolute Gasteiger partial charge is 0.165 e. The van der Waals surface area contributed by atoms with Crippen LogP contribution in [0.2, 0.25) is 0 Å². The Hall–Kier alpha value is -0.790. The van der Waals surface area contributed by atoms with Crippen LogP contribution in [0, 0.1) is 5.82 Å². The molecule has 0 radical (unpaired) electrons. The van der Waals surface area contributed by atoms with E-state index in [1.165, 1.54) is 16.4 Å². The van der Waals surface area contributed by atoms with E-state index in [-0.39, 0.29) is 22.5 Å². The van der Waals surface area contributed by atoms with Crippen molar-refractivity contribution in [3.05, 3.63) is 22.4 Å². The molecule has 0 aliphatic rings. The lowest BCUT2D eigenvalue weighted by molar-refractivity contribution is -0.106. The van der Waals surface area contributed by atoms with Gasteiger partial charge < -0.3 is 9.90 Å². The van der Waals surface area contributed by atoms with Crippen molar-refractivity contribution in [2.45, 2.75) is 0 Å². The third-order valence-electron chi connectivity index (χ3n) is 1.74. The quantitative estimate of drug-likeness (QED) is 0.644. The minimum Gasteiger partial charge on any atom is -0.506 e. The first kappa shape index (κ1) is 13.3. The highest BCUT2D eigenvalue weighted by atomic mass is 79.9. The third-order valence-corrected chi connectivity index (χ3v) is 3.09. The number of benzene rings is 1. The Morgan fingerprint density at radius 1 is 1.69 bits per heavy atom. The molecular formula is C9H10BrFN2O2S. The largest absolute Gasteiger partial charge is 0.506 e. The van der Waals surface area contributed by atoms with Crippen LogP contribution in [-0.2, 0) is 4.79 Å². The first-order valence-electron chi connectivity index (χ1n) is 4.33. The molecule has 0 bridgehead atoms. The van der Waals surface area contributed by atoms with E-state index < -0.39 is 5.82 Å². The van der Waals surface area contributed by atoms with Gasteiger partial charge >= 0.3 is 0 Å². The van der Waals surface area contributed by atoms with Gasteiger partial charge in [0.25, 0.3) is 0 Å². The van der Waals surface area contributed by atoms with Crippen LogP contribution in [0.3, 0.4) is 0 Å². The molecule has 0 unspecified atom stereocenters. The molecule has 0 aliphatic carbocycles. The number of hydrogen-bond donors (Lipinski definition) is 2. The van der Waals surface area contributed by atoms with Gasteiger partial charge in [-0.2, -0.15) is 0 Å². The number of nitrogens with one attached hydrogen (secondary N) is 1. The molecule has 0 atom stereocenters. The van der Waals surface area contributed by atoms with E-state index >= 15 is 0 Å². The lowest BCUT2D eigenvalue weighted by Gasteiger charge is -2.21. The van der Waals surface area contributed by atoms with Gasteiger partial charge in [0.1, 0.15) is 17.7 Å². The van der Waals surface area contributed by atoms with Gasteiger partial charge in [0.05, 0.1) is 11.0 Å². The highest BCUT2D eigenvalue weighted by molar-refractivity contribution is 9.10. The minimum atomic E-state index is -0.607. The summed E-state index contributed by atoms with van der Waals surface area (Å²) in [5.41, 5.74) is -0.0270. The van der Waals surface area contributed by atoms with Gasteiger partial charge in [-0.15, -0.1) is 0 Å². The number of anilines is 1. The molecule has 0 aliphatic heterocycles. The van der Waals surface area contributed by atoms with Gasteiger partial charge in [-0.3, -0.25) is 4.31 Å². The van der Waals surface area contributed by atoms with E-state index in [4.69, 9.17) is 0 Å². The number of carbonyl (C=O) groups excluding carboxylic acids is 1. The summed E-state index contributed by atoms with van der Waals surface area (Å²) in [6.07, 6.45) is 0.629. The lowest BCUT2D eigenvalue weighted by Crippen LogP contribution is -2.22. The molecule has 2 N–H and O–H groups in total. The number of nitrogens with zero attached hydrogens (tertiary/aromatic N) is 1. The zero-order valence-corrected chi connectivity index (χ0v) is 10.8. The van der Waals surface area contributed by atoms with Crippen molar-refractivity contribution in [1.82, 2.24) is 4.72 Å². The highest BCUT2D eigenvalue weighted by Crippen LogP contribution is 2.36. The molecule has 0 saturated carbocycles. The molecule has 7 heteroatoms. The second-order valence-corrected chi connectivity index (χ2v) is 4.64. The van der Waals surface area contributed by atoms with E-state index in [1.54, 1.807) is 7.05 Å². The molecule has 16 heavy (non-hydrogen) atoms. The Labute approximate surface area is 105 Å². The molecule has 0 heterocycles. The lowest BCUT2D eigenvalue weighted by atomic mass is 10.3. The first-order chi connectivity index (χ1) is 7.61. The normalized spacial score (nSPS) is 10.2. The predicted octanol–water partition coefficient (Wildman–Crippen LogP) is 2.08. The molecule has 1 aromatic rings. The second-order valence-electron chi connectivity index (χ2n) is 2.75. The summed E-state index contributed by atoms with van der Waals surface area (Å²) in [7, 11) is 1.63. The van der Waals surface area contributed by atoms with E-state index in [0.29, 0.717) is 6.29 Å². The summed E-state index contributed by atoms with van der Waals surface area (Å²) in [6.45, 7) is -0.0353. The molecule has 1 rings (SSSR count). The molecule has 4 nitrogen and oxygen atoms in total. The second kappa shape index (κ2) is 6.07. The van der Waals surface area contributed by atoms with E-state index in [1.807, 2.05) is 0 Å². The van der Waals surface area contributed by atoms with Gasteiger partial charge in [0.15, 0.2) is 5.82 Å². The monoisotopic (exact) mass is 308 g/mol. The standard InChI is InChI=1S/C9H10BrFN2O2S/c1-12-16-13(4-5-14)9-7(15)3-2-6(10)8(9)11/h2-3,5,12,15H,4H2,1H3. The van der Waals surface area contributed by atoms with Crippen LogP contribution in [0.5, 0.6) is 5.75 Å². The SMILES string of the molecule is CNSN(CC=O)c1c(O)ccc(Br)c1F. The summed E-state index contributed by atoms with van der Waals surface area (Å²) < 4.78 is 18.0. The molecule has 0 saturated heterocycles. The van der Waals surface area contributed by atoms with Crippen LogP contribution in [-0.4, -0.2) is 25.0 Å². The first-order valence-corrected chi connectivity index (χ1v) is 5.90. The maximum absolute atomic E-state index is 13.8. The van der Waals surface area contributed by atoms with Crippen LogP contribution in [0.1, 0.15) is 0 Å². The van der Waals surface area contributed by atoms with Crippen molar-refractivity contribution < 1.29 is 14.3 Å². The predicted molar refractivity (Wildman–Crippen MR) is 65.8 cm³/mol. The zero-order chi connectivity index (χ0) is 12.1. The fraction of sp³-hybridized carbons (Fsp3) is 0.222. The Kier molecular flexibility index (Phi) is 5.04. The number of hydrogen-bond acceptors (Lipinski definition) is 5. The molecule has 1 aromatic carbocycles. The number of carbonyl (C=O) groups is 1. The van der Waals surface area contributed by atoms with Gasteiger partial charge in [-0.25, -0.2) is 9.11 Å². The Morgan fingerprint density at radius 3 is 2.94 bits per heavy atom. The van der Waals surface area contributed by atoms with Crippen LogP contribution in [0.15, 0.2) is 16.6 Å². The molecule has 0 spiro atoms. The number of aldehydes is 1. The minimum absolute atomic E-state index is 0.0270. The summed E-state index contributed by atoms with van der Waals surface area (Å²) in [4.78, 5) is 10.5. The number of phenols is 1. The number of aromatic hydroxyl groups is 1. The number of phenolic OH excluding ortho intramolecular Hbond substituents is 1. The summed E-state index contributed by atoms with van der Waals surface area (Å²) in [6, 6.07) is 2.76. The van der Waals surface area contributed by atoms with Crippen LogP contribution in [0.25, 0.3) is 0 Å². The third kappa shape index (κ3) is 2.87. The average molecular weight is 309 g/mol. The van der Waals surface area contributed by atoms with Crippen molar-refractivity contribution in [3.8, 4) is 5.75 Å². The summed E-state index contributed by atoms with van der Waals surface area (Å²) in [5.74, 6) is -0.824. The Morgan fingerprint density at radius 2 is 2.38 bits per heavy atom. The van der Waals surface area contributed by atoms with Crippen molar-refractivity contribution in [2.24, 2.45) is 0 Å². The Balaban J connectivity index is 3.16. The summed E-state index contributed by atoms with van der Waals surface area (Å²) in [5, 5.41) is 9.58. The van der Waals surface area contributed by atoms with Crippen molar-refractivity contribution in [1.29, 1.82) is 0 Å². The highest BCUT2D eigenvalue weighted by Gasteiger charge is 2.18. The molecular weight excluding hydrogens is 299 g/mol. The molecule has 0 fully saturated rings. The molecule has 0 amide bonds. The van der Waals surface area contributed by atoms with Crippen LogP contribution < -0.4 is 9.03 Å². The zero-order valence-electron chi connectivity index (χ0n) is 8.41. The van der Waals surface area contributed by atoms with Gasteiger partial charge in [-0.1, -0.05) is 0 Å². The Bertz CT molecular complexity index is 392. The van der Waals surface area contributed by atoms with E-state index in [2.05, 4.69) is 20.7 Å². The van der Waals surface area contributed by atoms with Crippen molar-refractivity contribution >= 4 is 40.0 Å². The molecule has 88 valence electrons. The number of rotatable bonds is 5. The fourth-order valence-corrected chi connectivity index (χ4v) is 2.06. The van der Waals surface area contributed by atoms with Gasteiger partial charge in [0.2, 0.25) is 0 Å². The maximum atomic E-state index is 13.8. The van der Waals surface area contributed by atoms with E-state index in [9.17, 15) is 14.3 Å². The topological polar surface area (TPSA) is 52.6 Å². The van der Waals surface area contributed by atoms with E-state index in [0.717, 1.165) is 12.1 Å². The molecule has 0 aromatic heterocycles. The van der Waals surface area contributed by atoms with Gasteiger partial charge in [-0.05, 0) is 35.1 Å². The van der Waals surface area contributed by atoms with Crippen LogP contribution in [0.4, 0.5) is 10.1 Å². The average Bonchev–Trinajstić information content (AvgIpc) is 2.25. The van der Waals surface area contributed by atoms with Crippen molar-refractivity contribution in [2.75, 3.05) is 17.9 Å².